The Morgan fingerprint density at radius 3 is 1.13 bits per heavy atom. The second kappa shape index (κ2) is 8.94. The highest BCUT2D eigenvalue weighted by Gasteiger charge is 2.32. The van der Waals surface area contributed by atoms with Crippen molar-refractivity contribution in [3.8, 4) is 45.6 Å². The smallest absolute Gasteiger partial charge is 0.203 e. The van der Waals surface area contributed by atoms with E-state index in [4.69, 9.17) is 28.4 Å². The highest BCUT2D eigenvalue weighted by atomic mass is 16.5. The van der Waals surface area contributed by atoms with Crippen LogP contribution in [0.1, 0.15) is 25.0 Å². The van der Waals surface area contributed by atoms with E-state index in [0.717, 1.165) is 35.1 Å². The molecule has 164 valence electrons. The predicted molar refractivity (Wildman–Crippen MR) is 117 cm³/mol. The minimum Gasteiger partial charge on any atom is -0.493 e. The van der Waals surface area contributed by atoms with Crippen molar-refractivity contribution in [1.82, 2.24) is 0 Å². The zero-order chi connectivity index (χ0) is 22.0. The fourth-order valence-electron chi connectivity index (χ4n) is 4.38. The van der Waals surface area contributed by atoms with Crippen LogP contribution < -0.4 is 28.4 Å². The topological polar surface area (TPSA) is 55.4 Å². The molecular formula is C24H32O6. The number of rotatable bonds is 6. The summed E-state index contributed by atoms with van der Waals surface area (Å²) < 4.78 is 34.4. The number of ether oxygens (including phenoxy) is 6. The van der Waals surface area contributed by atoms with Crippen molar-refractivity contribution in [2.75, 3.05) is 42.7 Å². The maximum atomic E-state index is 5.89. The van der Waals surface area contributed by atoms with Crippen molar-refractivity contribution >= 4 is 0 Å². The Hall–Kier alpha value is -2.76. The van der Waals surface area contributed by atoms with Crippen LogP contribution in [0.4, 0.5) is 0 Å². The summed E-state index contributed by atoms with van der Waals surface area (Å²) in [6.07, 6.45) is 1.76. The Bertz CT molecular complexity index is 845. The van der Waals surface area contributed by atoms with Crippen LogP contribution in [0.5, 0.6) is 34.5 Å². The lowest BCUT2D eigenvalue weighted by Crippen LogP contribution is -2.18. The number of hydrogen-bond donors (Lipinski definition) is 0. The maximum absolute atomic E-state index is 5.89. The lowest BCUT2D eigenvalue weighted by Gasteiger charge is -2.30. The Balaban J connectivity index is 2.51. The van der Waals surface area contributed by atoms with E-state index in [1.807, 2.05) is 12.1 Å². The van der Waals surface area contributed by atoms with Gasteiger partial charge in [0.15, 0.2) is 23.0 Å². The van der Waals surface area contributed by atoms with Gasteiger partial charge in [-0.05, 0) is 47.9 Å². The summed E-state index contributed by atoms with van der Waals surface area (Å²) in [5.41, 5.74) is 4.13. The van der Waals surface area contributed by atoms with Crippen LogP contribution in [0.2, 0.25) is 0 Å². The van der Waals surface area contributed by atoms with E-state index in [1.165, 1.54) is 0 Å². The van der Waals surface area contributed by atoms with Crippen molar-refractivity contribution in [3.05, 3.63) is 23.3 Å². The van der Waals surface area contributed by atoms with Crippen molar-refractivity contribution in [1.29, 1.82) is 0 Å². The van der Waals surface area contributed by atoms with Crippen molar-refractivity contribution in [3.63, 3.8) is 0 Å². The summed E-state index contributed by atoms with van der Waals surface area (Å²) in [5, 5.41) is 0. The summed E-state index contributed by atoms with van der Waals surface area (Å²) in [5.74, 6) is 4.58. The van der Waals surface area contributed by atoms with Gasteiger partial charge in [0.1, 0.15) is 0 Å². The van der Waals surface area contributed by atoms with Gasteiger partial charge in [-0.25, -0.2) is 0 Å². The molecule has 0 saturated heterocycles. The molecule has 0 unspecified atom stereocenters. The number of hydrogen-bond acceptors (Lipinski definition) is 6. The highest BCUT2D eigenvalue weighted by molar-refractivity contribution is 5.88. The average molecular weight is 417 g/mol. The molecule has 1 aliphatic carbocycles. The molecule has 2 atom stereocenters. The van der Waals surface area contributed by atoms with Gasteiger partial charge >= 0.3 is 0 Å². The largest absolute Gasteiger partial charge is 0.493 e. The maximum Gasteiger partial charge on any atom is 0.203 e. The molecule has 2 aromatic carbocycles. The van der Waals surface area contributed by atoms with Crippen molar-refractivity contribution in [2.24, 2.45) is 11.8 Å². The lowest BCUT2D eigenvalue weighted by atomic mass is 9.77. The Labute approximate surface area is 179 Å². The second-order valence-corrected chi connectivity index (χ2v) is 7.72. The van der Waals surface area contributed by atoms with Gasteiger partial charge in [0.05, 0.1) is 42.7 Å². The van der Waals surface area contributed by atoms with E-state index in [9.17, 15) is 0 Å². The van der Waals surface area contributed by atoms with E-state index in [0.29, 0.717) is 46.3 Å². The standard InChI is InChI=1S/C24H32O6/c1-13-9-15-11-17(25-3)21(27-5)23(29-7)19(15)20-16(10-14(13)2)12-18(26-4)22(28-6)24(20)30-8/h11-14H,9-10H2,1-8H3/t13-,14-/m1/s1. The molecule has 1 aliphatic rings. The van der Waals surface area contributed by atoms with Gasteiger partial charge in [-0.1, -0.05) is 13.8 Å². The normalized spacial score (nSPS) is 17.7. The average Bonchev–Trinajstić information content (AvgIpc) is 2.76. The fourth-order valence-corrected chi connectivity index (χ4v) is 4.38. The lowest BCUT2D eigenvalue weighted by molar-refractivity contribution is 0.318. The molecule has 0 aliphatic heterocycles. The van der Waals surface area contributed by atoms with E-state index in [2.05, 4.69) is 13.8 Å². The molecule has 30 heavy (non-hydrogen) atoms. The van der Waals surface area contributed by atoms with Crippen LogP contribution >= 0.6 is 0 Å². The van der Waals surface area contributed by atoms with E-state index in [1.54, 1.807) is 42.7 Å². The summed E-state index contributed by atoms with van der Waals surface area (Å²) in [6, 6.07) is 4.09. The van der Waals surface area contributed by atoms with Crippen LogP contribution in [-0.2, 0) is 12.8 Å². The van der Waals surface area contributed by atoms with Gasteiger partial charge in [0, 0.05) is 11.1 Å². The van der Waals surface area contributed by atoms with Crippen LogP contribution in [0, 0.1) is 11.8 Å². The van der Waals surface area contributed by atoms with E-state index < -0.39 is 0 Å². The quantitative estimate of drug-likeness (QED) is 0.676. The van der Waals surface area contributed by atoms with Gasteiger partial charge in [0.25, 0.3) is 0 Å². The zero-order valence-corrected chi connectivity index (χ0v) is 19.2. The molecular weight excluding hydrogens is 384 g/mol. The molecule has 6 nitrogen and oxygen atoms in total. The minimum atomic E-state index is 0.457. The minimum absolute atomic E-state index is 0.457. The molecule has 0 radical (unpaired) electrons. The molecule has 0 bridgehead atoms. The Morgan fingerprint density at radius 1 is 0.533 bits per heavy atom. The first kappa shape index (κ1) is 21.9. The second-order valence-electron chi connectivity index (χ2n) is 7.72. The van der Waals surface area contributed by atoms with Crippen LogP contribution in [0.15, 0.2) is 12.1 Å². The molecule has 0 fully saturated rings. The summed E-state index contributed by atoms with van der Waals surface area (Å²) in [7, 11) is 9.81. The first-order chi connectivity index (χ1) is 14.4. The summed E-state index contributed by atoms with van der Waals surface area (Å²) in [4.78, 5) is 0. The van der Waals surface area contributed by atoms with Gasteiger partial charge < -0.3 is 28.4 Å². The fraction of sp³-hybridized carbons (Fsp3) is 0.500. The Kier molecular flexibility index (Phi) is 6.54. The predicted octanol–water partition coefficient (Wildman–Crippen LogP) is 4.78. The van der Waals surface area contributed by atoms with Gasteiger partial charge in [-0.3, -0.25) is 0 Å². The first-order valence-electron chi connectivity index (χ1n) is 10.1. The van der Waals surface area contributed by atoms with Crippen LogP contribution in [0.25, 0.3) is 11.1 Å². The molecule has 6 heteroatoms. The zero-order valence-electron chi connectivity index (χ0n) is 19.2. The van der Waals surface area contributed by atoms with Crippen LogP contribution in [-0.4, -0.2) is 42.7 Å². The molecule has 0 N–H and O–H groups in total. The highest BCUT2D eigenvalue weighted by Crippen LogP contribution is 2.55. The van der Waals surface area contributed by atoms with Crippen molar-refractivity contribution < 1.29 is 28.4 Å². The van der Waals surface area contributed by atoms with E-state index in [-0.39, 0.29) is 0 Å². The van der Waals surface area contributed by atoms with Gasteiger partial charge in [0.2, 0.25) is 11.5 Å². The van der Waals surface area contributed by atoms with Gasteiger partial charge in [-0.2, -0.15) is 0 Å². The van der Waals surface area contributed by atoms with Crippen molar-refractivity contribution in [2.45, 2.75) is 26.7 Å². The molecule has 0 aromatic heterocycles. The SMILES string of the molecule is COc1cc2c(c(OC)c1OC)-c1c(cc(OC)c(OC)c1OC)C[C@@H](C)[C@H](C)C2. The Morgan fingerprint density at radius 2 is 0.867 bits per heavy atom. The molecule has 0 spiro atoms. The third kappa shape index (κ3) is 3.48. The number of fused-ring (bicyclic) bond motifs is 3. The molecule has 2 aromatic rings. The monoisotopic (exact) mass is 416 g/mol. The third-order valence-corrected chi connectivity index (χ3v) is 6.13. The first-order valence-corrected chi connectivity index (χ1v) is 10.1. The third-order valence-electron chi connectivity index (χ3n) is 6.13. The number of methoxy groups -OCH3 is 6. The summed E-state index contributed by atoms with van der Waals surface area (Å²) in [6.45, 7) is 4.56. The molecule has 0 heterocycles. The number of benzene rings is 2. The molecule has 3 rings (SSSR count). The van der Waals surface area contributed by atoms with Gasteiger partial charge in [-0.15, -0.1) is 0 Å². The summed E-state index contributed by atoms with van der Waals surface area (Å²) >= 11 is 0. The molecule has 0 amide bonds. The van der Waals surface area contributed by atoms with E-state index >= 15 is 0 Å². The molecule has 0 saturated carbocycles. The van der Waals surface area contributed by atoms with Crippen LogP contribution in [0.3, 0.4) is 0 Å².